The van der Waals surface area contributed by atoms with Crippen molar-refractivity contribution in [3.05, 3.63) is 184 Å². The van der Waals surface area contributed by atoms with Crippen molar-refractivity contribution in [2.75, 3.05) is 44.1 Å². The van der Waals surface area contributed by atoms with Crippen LogP contribution < -0.4 is 31.1 Å². The topological polar surface area (TPSA) is 237 Å². The van der Waals surface area contributed by atoms with Gasteiger partial charge in [-0.2, -0.15) is 8.42 Å². The maximum atomic E-state index is 13.6. The van der Waals surface area contributed by atoms with Gasteiger partial charge in [0, 0.05) is 48.1 Å². The Morgan fingerprint density at radius 2 is 1.33 bits per heavy atom. The summed E-state index contributed by atoms with van der Waals surface area (Å²) in [6, 6.07) is 43.9. The molecule has 7 rings (SSSR count). The number of amides is 3. The molecule has 0 bridgehead atoms. The minimum Gasteiger partial charge on any atom is -0.449 e. The van der Waals surface area contributed by atoms with E-state index < -0.39 is 64.9 Å². The molecule has 0 unspecified atom stereocenters. The van der Waals surface area contributed by atoms with Gasteiger partial charge in [-0.25, -0.2) is 9.59 Å². The van der Waals surface area contributed by atoms with Crippen molar-refractivity contribution in [2.45, 2.75) is 97.9 Å². The lowest BCUT2D eigenvalue weighted by atomic mass is 9.91. The fourth-order valence-corrected chi connectivity index (χ4v) is 15.6. The highest BCUT2D eigenvalue weighted by Gasteiger charge is 2.50. The summed E-state index contributed by atoms with van der Waals surface area (Å²) >= 11 is 0. The molecule has 0 saturated heterocycles. The summed E-state index contributed by atoms with van der Waals surface area (Å²) in [5.74, 6) is 3.80. The van der Waals surface area contributed by atoms with Crippen molar-refractivity contribution in [3.63, 3.8) is 0 Å². The van der Waals surface area contributed by atoms with Crippen LogP contribution in [0.15, 0.2) is 152 Å². The number of rotatable bonds is 26. The summed E-state index contributed by atoms with van der Waals surface area (Å²) in [6.45, 7) is 15.5. The minimum absolute atomic E-state index is 0.0102. The molecule has 85 heavy (non-hydrogen) atoms. The maximum Gasteiger partial charge on any atom is 0.514 e. The summed E-state index contributed by atoms with van der Waals surface area (Å²) < 4.78 is 60.8. The number of anilines is 1. The number of ether oxygens (including phenoxy) is 4. The highest BCUT2D eigenvalue weighted by molar-refractivity contribution is 7.86. The van der Waals surface area contributed by atoms with Gasteiger partial charge < -0.3 is 39.3 Å². The standard InChI is InChI=1S/C65H74N4O14SSi/c1-45(2)59(68-62(72)79-43-58-56-28-17-15-26-54(56)55-27-16-18-29-57(55)58)61(71)66-46(3)60(70)67-49-31-30-48(42-80-63(73)83-51-34-32-50(33-35-51)69(74)75)47(41-49)21-19-37-78-38-20-40-84(76,77)81-44-65(7,8)36-39-82-85(64(4,5)6,52-22-11-9-12-23-52)53-24-13-10-14-25-53/h9-18,22-35,41,45-46,58-59H,20,36-40,42-44H2,1-8H3,(H,66,71)(H,67,70)(H,68,72)/t46-,59-/m0/s1. The van der Waals surface area contributed by atoms with Gasteiger partial charge in [0.25, 0.3) is 24.1 Å². The van der Waals surface area contributed by atoms with Crippen molar-refractivity contribution >= 4 is 64.2 Å². The van der Waals surface area contributed by atoms with Crippen molar-refractivity contribution < 1.29 is 60.1 Å². The van der Waals surface area contributed by atoms with E-state index in [9.17, 15) is 37.7 Å². The van der Waals surface area contributed by atoms with E-state index in [1.807, 2.05) is 98.8 Å². The van der Waals surface area contributed by atoms with Crippen LogP contribution in [-0.4, -0.2) is 96.6 Å². The van der Waals surface area contributed by atoms with Gasteiger partial charge in [0.2, 0.25) is 11.8 Å². The van der Waals surface area contributed by atoms with E-state index in [1.54, 1.807) is 26.0 Å². The van der Waals surface area contributed by atoms with Gasteiger partial charge in [-0.15, -0.1) is 0 Å². The molecule has 6 aromatic carbocycles. The van der Waals surface area contributed by atoms with Crippen LogP contribution in [0.3, 0.4) is 0 Å². The average Bonchev–Trinajstić information content (AvgIpc) is 2.37. The molecule has 0 spiro atoms. The first-order valence-corrected chi connectivity index (χ1v) is 31.6. The third-order valence-electron chi connectivity index (χ3n) is 14.5. The quantitative estimate of drug-likeness (QED) is 0.00670. The summed E-state index contributed by atoms with van der Waals surface area (Å²) in [7, 11) is -6.71. The molecule has 20 heteroatoms. The molecule has 0 radical (unpaired) electrons. The normalized spacial score (nSPS) is 13.0. The van der Waals surface area contributed by atoms with E-state index in [1.165, 1.54) is 37.3 Å². The molecule has 3 N–H and O–H groups in total. The van der Waals surface area contributed by atoms with Crippen LogP contribution in [0.4, 0.5) is 21.0 Å². The number of nitrogens with zero attached hydrogens (tertiary/aromatic N) is 1. The largest absolute Gasteiger partial charge is 0.514 e. The second kappa shape index (κ2) is 29.1. The number of carbonyl (C=O) groups is 4. The highest BCUT2D eigenvalue weighted by Crippen LogP contribution is 2.44. The minimum atomic E-state index is -3.92. The Balaban J connectivity index is 0.918. The molecule has 1 aliphatic rings. The first-order valence-electron chi connectivity index (χ1n) is 28.1. The second-order valence-corrected chi connectivity index (χ2v) is 28.9. The SMILES string of the molecule is CC(C)[C@H](NC(=O)OCC1c2ccccc2-c2ccccc21)C(=O)N[C@@H](C)C(=O)Nc1ccc(COC(=O)Oc2ccc([N+](=O)[O-])cc2)c(C#CCOCCCS(=O)(=O)OCC(C)(C)CCO[Si](c2ccccc2)(c2ccccc2)C(C)(C)C)c1. The Labute approximate surface area is 498 Å². The van der Waals surface area contributed by atoms with Crippen molar-refractivity contribution in [1.82, 2.24) is 10.6 Å². The number of hydrogen-bond acceptors (Lipinski definition) is 14. The molecule has 2 atom stereocenters. The van der Waals surface area contributed by atoms with Gasteiger partial charge >= 0.3 is 12.2 Å². The molecule has 0 heterocycles. The molecule has 1 aliphatic carbocycles. The first-order chi connectivity index (χ1) is 40.5. The summed E-state index contributed by atoms with van der Waals surface area (Å²) in [5, 5.41) is 21.3. The van der Waals surface area contributed by atoms with E-state index in [0.717, 1.165) is 32.6 Å². The van der Waals surface area contributed by atoms with E-state index in [4.69, 9.17) is 27.6 Å². The fraction of sp³-hybridized carbons (Fsp3) is 0.354. The predicted molar refractivity (Wildman–Crippen MR) is 327 cm³/mol. The third-order valence-corrected chi connectivity index (χ3v) is 20.8. The predicted octanol–water partition coefficient (Wildman–Crippen LogP) is 10.4. The Kier molecular flexibility index (Phi) is 22.0. The van der Waals surface area contributed by atoms with Gasteiger partial charge in [0.15, 0.2) is 0 Å². The first kappa shape index (κ1) is 64.4. The number of non-ortho nitro benzene ring substituents is 1. The van der Waals surface area contributed by atoms with Crippen molar-refractivity contribution in [1.29, 1.82) is 0 Å². The molecular weight excluding hydrogens is 1120 g/mol. The Morgan fingerprint density at radius 1 is 0.729 bits per heavy atom. The van der Waals surface area contributed by atoms with E-state index in [2.05, 4.69) is 72.8 Å². The lowest BCUT2D eigenvalue weighted by Gasteiger charge is -2.43. The Morgan fingerprint density at radius 3 is 1.92 bits per heavy atom. The summed E-state index contributed by atoms with van der Waals surface area (Å²) in [5.41, 5.74) is 4.47. The van der Waals surface area contributed by atoms with E-state index >= 15 is 0 Å². The number of fused-ring (bicyclic) bond motifs is 3. The van der Waals surface area contributed by atoms with E-state index in [-0.39, 0.29) is 79.2 Å². The second-order valence-electron chi connectivity index (χ2n) is 22.8. The smallest absolute Gasteiger partial charge is 0.449 e. The third kappa shape index (κ3) is 17.5. The number of hydrogen-bond donors (Lipinski definition) is 3. The lowest BCUT2D eigenvalue weighted by Crippen LogP contribution is -2.66. The average molecular weight is 1200 g/mol. The van der Waals surface area contributed by atoms with Gasteiger partial charge in [0.05, 0.1) is 17.3 Å². The van der Waals surface area contributed by atoms with Crippen LogP contribution in [0.5, 0.6) is 5.75 Å². The van der Waals surface area contributed by atoms with E-state index in [0.29, 0.717) is 24.2 Å². The number of benzene rings is 6. The molecule has 0 fully saturated rings. The van der Waals surface area contributed by atoms with Crippen molar-refractivity contribution in [3.8, 4) is 28.7 Å². The molecule has 18 nitrogen and oxygen atoms in total. The van der Waals surface area contributed by atoms with Crippen LogP contribution in [0, 0.1) is 33.3 Å². The van der Waals surface area contributed by atoms with Crippen molar-refractivity contribution in [2.24, 2.45) is 11.3 Å². The van der Waals surface area contributed by atoms with Crippen LogP contribution in [0.2, 0.25) is 5.04 Å². The summed E-state index contributed by atoms with van der Waals surface area (Å²) in [6.07, 6.45) is -1.22. The number of nitro groups is 1. The highest BCUT2D eigenvalue weighted by atomic mass is 32.2. The zero-order valence-electron chi connectivity index (χ0n) is 49.2. The lowest BCUT2D eigenvalue weighted by molar-refractivity contribution is -0.384. The maximum absolute atomic E-state index is 13.6. The monoisotopic (exact) mass is 1190 g/mol. The number of nitrogens with one attached hydrogen (secondary N) is 3. The number of carbonyl (C=O) groups excluding carboxylic acids is 4. The number of alkyl carbamates (subject to hydrolysis) is 1. The molecule has 3 amide bonds. The number of nitro benzene ring substituents is 1. The van der Waals surface area contributed by atoms with Gasteiger partial charge in [0.1, 0.15) is 37.7 Å². The molecule has 0 aromatic heterocycles. The molecule has 0 aliphatic heterocycles. The molecule has 6 aromatic rings. The molecule has 0 saturated carbocycles. The Hall–Kier alpha value is -8.19. The van der Waals surface area contributed by atoms with Crippen LogP contribution in [0.25, 0.3) is 11.1 Å². The molecule has 448 valence electrons. The van der Waals surface area contributed by atoms with Crippen LogP contribution >= 0.6 is 0 Å². The fourth-order valence-electron chi connectivity index (χ4n) is 9.93. The van der Waals surface area contributed by atoms with Crippen LogP contribution in [-0.2, 0) is 49.1 Å². The van der Waals surface area contributed by atoms with Gasteiger partial charge in [-0.1, -0.05) is 176 Å². The summed E-state index contributed by atoms with van der Waals surface area (Å²) in [4.78, 5) is 63.6. The molecular formula is C65H74N4O14SSi. The van der Waals surface area contributed by atoms with Gasteiger partial charge in [-0.3, -0.25) is 23.9 Å². The Bertz CT molecular complexity index is 3390. The zero-order chi connectivity index (χ0) is 61.4. The van der Waals surface area contributed by atoms with Crippen LogP contribution in [0.1, 0.15) is 96.4 Å². The zero-order valence-corrected chi connectivity index (χ0v) is 51.0. The van der Waals surface area contributed by atoms with Gasteiger partial charge in [-0.05, 0) is 93.0 Å².